The van der Waals surface area contributed by atoms with Crippen LogP contribution in [0.2, 0.25) is 0 Å². The van der Waals surface area contributed by atoms with E-state index >= 15 is 0 Å². The molecule has 98 valence electrons. The molecule has 2 N–H and O–H groups in total. The minimum Gasteiger partial charge on any atom is -0.177 e. The van der Waals surface area contributed by atoms with Crippen molar-refractivity contribution < 1.29 is 0 Å². The molecule has 4 heterocycles. The molecular formula is C4H2N16. The number of hydrogen-bond donors (Lipinski definition) is 2. The molecule has 4 rings (SSSR count). The Balaban J connectivity index is 2.00. The predicted octanol–water partition coefficient (Wildman–Crippen LogP) is -0.615. The number of nitrogens with zero attached hydrogens (tertiary/aromatic N) is 14. The quantitative estimate of drug-likeness (QED) is 0.744. The lowest BCUT2D eigenvalue weighted by atomic mass is 9.93. The maximum absolute atomic E-state index is 3.90. The second-order valence-electron chi connectivity index (χ2n) is 3.57. The molecule has 2 aliphatic heterocycles. The summed E-state index contributed by atoms with van der Waals surface area (Å²) < 4.78 is 0. The van der Waals surface area contributed by atoms with Gasteiger partial charge in [-0.1, -0.05) is 0 Å². The first-order valence-electron chi connectivity index (χ1n) is 5.03. The molecule has 2 aromatic heterocycles. The molecule has 0 saturated carbocycles. The van der Waals surface area contributed by atoms with E-state index in [0.717, 1.165) is 0 Å². The summed E-state index contributed by atoms with van der Waals surface area (Å²) in [5.41, 5.74) is -3.37. The highest BCUT2D eigenvalue weighted by Crippen LogP contribution is 2.50. The fourth-order valence-electron chi connectivity index (χ4n) is 1.77. The number of aromatic amines is 2. The Morgan fingerprint density at radius 2 is 1.00 bits per heavy atom. The third-order valence-corrected chi connectivity index (χ3v) is 2.64. The Morgan fingerprint density at radius 1 is 0.600 bits per heavy atom. The minimum atomic E-state index is -1.69. The summed E-state index contributed by atoms with van der Waals surface area (Å²) in [6.07, 6.45) is 0. The van der Waals surface area contributed by atoms with Crippen LogP contribution in [0.5, 0.6) is 0 Å². The van der Waals surface area contributed by atoms with Crippen molar-refractivity contribution >= 4 is 0 Å². The van der Waals surface area contributed by atoms with E-state index in [9.17, 15) is 0 Å². The van der Waals surface area contributed by atoms with Crippen molar-refractivity contribution in [2.75, 3.05) is 0 Å². The van der Waals surface area contributed by atoms with E-state index in [1.54, 1.807) is 0 Å². The van der Waals surface area contributed by atoms with E-state index in [0.29, 0.717) is 0 Å². The van der Waals surface area contributed by atoms with E-state index in [1.807, 2.05) is 0 Å². The first-order chi connectivity index (χ1) is 9.87. The standard InChI is InChI=1S/C4H2N16/c5-1(6-14-13-5)3(9-17-18-10-3)4(11-19-20-12-4)2-7-15-16-8-2/h(H,5,6,13,14)(H,7,8,15,16). The van der Waals surface area contributed by atoms with Crippen LogP contribution in [-0.4, -0.2) is 41.2 Å². The van der Waals surface area contributed by atoms with Crippen molar-refractivity contribution in [3.63, 3.8) is 0 Å². The number of nitrogens with one attached hydrogen (secondary N) is 2. The van der Waals surface area contributed by atoms with Crippen LogP contribution in [0.25, 0.3) is 0 Å². The van der Waals surface area contributed by atoms with Gasteiger partial charge < -0.3 is 0 Å². The smallest absolute Gasteiger partial charge is 0.177 e. The Labute approximate surface area is 106 Å². The van der Waals surface area contributed by atoms with Gasteiger partial charge in [0.2, 0.25) is 11.6 Å². The monoisotopic (exact) mass is 274 g/mol. The zero-order valence-corrected chi connectivity index (χ0v) is 9.26. The first-order valence-corrected chi connectivity index (χ1v) is 5.03. The van der Waals surface area contributed by atoms with Crippen molar-refractivity contribution in [3.8, 4) is 0 Å². The number of aromatic nitrogens is 8. The molecule has 16 nitrogen and oxygen atoms in total. The van der Waals surface area contributed by atoms with Gasteiger partial charge in [0, 0.05) is 0 Å². The Morgan fingerprint density at radius 3 is 1.30 bits per heavy atom. The van der Waals surface area contributed by atoms with Crippen LogP contribution in [0.15, 0.2) is 41.4 Å². The van der Waals surface area contributed by atoms with E-state index in [1.165, 1.54) is 0 Å². The fourth-order valence-corrected chi connectivity index (χ4v) is 1.77. The van der Waals surface area contributed by atoms with Gasteiger partial charge in [-0.05, 0) is 31.3 Å². The van der Waals surface area contributed by atoms with Crippen molar-refractivity contribution in [2.45, 2.75) is 11.3 Å². The van der Waals surface area contributed by atoms with Gasteiger partial charge in [-0.15, -0.1) is 40.9 Å². The third-order valence-electron chi connectivity index (χ3n) is 2.64. The SMILES string of the molecule is N1=NC(c2nn[nH]n2)(C2(c3nn[nH]n3)N=NN=N2)N=N1. The molecule has 2 aliphatic rings. The van der Waals surface area contributed by atoms with E-state index in [2.05, 4.69) is 82.6 Å². The number of tetrazole rings is 2. The van der Waals surface area contributed by atoms with Crippen molar-refractivity contribution in [1.29, 1.82) is 0 Å². The van der Waals surface area contributed by atoms with Gasteiger partial charge in [0.05, 0.1) is 0 Å². The fraction of sp³-hybridized carbons (Fsp3) is 0.500. The summed E-state index contributed by atoms with van der Waals surface area (Å²) in [5, 5.41) is 56.2. The molecule has 0 saturated heterocycles. The van der Waals surface area contributed by atoms with E-state index in [4.69, 9.17) is 0 Å². The molecule has 0 bridgehead atoms. The highest BCUT2D eigenvalue weighted by atomic mass is 15.7. The molecule has 0 unspecified atom stereocenters. The summed E-state index contributed by atoms with van der Waals surface area (Å²) in [6, 6.07) is 0. The molecule has 0 aromatic carbocycles. The lowest BCUT2D eigenvalue weighted by Crippen LogP contribution is -2.44. The maximum Gasteiger partial charge on any atom is 0.313 e. The number of rotatable bonds is 3. The molecule has 0 aliphatic carbocycles. The molecule has 0 radical (unpaired) electrons. The topological polar surface area (TPSA) is 208 Å². The van der Waals surface area contributed by atoms with Crippen LogP contribution in [0, 0.1) is 0 Å². The summed E-state index contributed by atoms with van der Waals surface area (Å²) in [6.45, 7) is 0. The molecule has 20 heavy (non-hydrogen) atoms. The lowest BCUT2D eigenvalue weighted by Gasteiger charge is -2.25. The summed E-state index contributed by atoms with van der Waals surface area (Å²) in [4.78, 5) is 0. The number of H-pyrrole nitrogens is 2. The van der Waals surface area contributed by atoms with Crippen LogP contribution >= 0.6 is 0 Å². The minimum absolute atomic E-state index is 0.00657. The van der Waals surface area contributed by atoms with Crippen LogP contribution in [-0.2, 0) is 11.3 Å². The molecule has 0 amide bonds. The number of hydrogen-bond acceptors (Lipinski definition) is 14. The summed E-state index contributed by atoms with van der Waals surface area (Å²) >= 11 is 0. The first kappa shape index (κ1) is 10.5. The highest BCUT2D eigenvalue weighted by molar-refractivity contribution is 5.22. The van der Waals surface area contributed by atoms with Crippen molar-refractivity contribution in [3.05, 3.63) is 11.6 Å². The second-order valence-corrected chi connectivity index (χ2v) is 3.57. The molecular weight excluding hydrogens is 272 g/mol. The van der Waals surface area contributed by atoms with Crippen LogP contribution in [0.3, 0.4) is 0 Å². The average Bonchev–Trinajstić information content (AvgIpc) is 3.24. The van der Waals surface area contributed by atoms with Crippen molar-refractivity contribution in [1.82, 2.24) is 41.2 Å². The van der Waals surface area contributed by atoms with Gasteiger partial charge in [0.15, 0.2) is 0 Å². The van der Waals surface area contributed by atoms with Crippen LogP contribution in [0.1, 0.15) is 11.6 Å². The van der Waals surface area contributed by atoms with E-state index < -0.39 is 11.3 Å². The summed E-state index contributed by atoms with van der Waals surface area (Å²) in [5.74, 6) is 0.0131. The largest absolute Gasteiger partial charge is 0.313 e. The predicted molar refractivity (Wildman–Crippen MR) is 51.1 cm³/mol. The normalized spacial score (nSPS) is 21.0. The zero-order valence-electron chi connectivity index (χ0n) is 9.26. The van der Waals surface area contributed by atoms with Gasteiger partial charge >= 0.3 is 11.3 Å². The molecule has 16 heteroatoms. The highest BCUT2D eigenvalue weighted by Gasteiger charge is 2.66. The Kier molecular flexibility index (Phi) is 1.84. The maximum atomic E-state index is 3.90. The van der Waals surface area contributed by atoms with Crippen LogP contribution in [0.4, 0.5) is 0 Å². The third kappa shape index (κ3) is 1.09. The van der Waals surface area contributed by atoms with E-state index in [-0.39, 0.29) is 11.6 Å². The van der Waals surface area contributed by atoms with Gasteiger partial charge in [-0.25, -0.2) is 0 Å². The molecule has 2 aromatic rings. The van der Waals surface area contributed by atoms with Gasteiger partial charge in [0.25, 0.3) is 0 Å². The lowest BCUT2D eigenvalue weighted by molar-refractivity contribution is 0.213. The molecule has 0 atom stereocenters. The van der Waals surface area contributed by atoms with Crippen molar-refractivity contribution in [2.24, 2.45) is 41.4 Å². The van der Waals surface area contributed by atoms with Crippen LogP contribution < -0.4 is 0 Å². The van der Waals surface area contributed by atoms with Gasteiger partial charge in [-0.2, -0.15) is 10.4 Å². The Hall–Kier alpha value is -3.46. The molecule has 0 spiro atoms. The molecule has 0 fully saturated rings. The average molecular weight is 274 g/mol. The second kappa shape index (κ2) is 3.52. The Bertz CT molecular complexity index is 626. The zero-order chi connectivity index (χ0) is 13.5. The van der Waals surface area contributed by atoms with Gasteiger partial charge in [-0.3, -0.25) is 0 Å². The van der Waals surface area contributed by atoms with Gasteiger partial charge in [0.1, 0.15) is 0 Å². The summed E-state index contributed by atoms with van der Waals surface area (Å²) in [7, 11) is 0.